The van der Waals surface area contributed by atoms with Crippen LogP contribution in [0.15, 0.2) is 90.0 Å². The summed E-state index contributed by atoms with van der Waals surface area (Å²) in [5.41, 5.74) is 4.26. The molecule has 49 heavy (non-hydrogen) atoms. The third-order valence-electron chi connectivity index (χ3n) is 7.89. The van der Waals surface area contributed by atoms with Crippen molar-refractivity contribution in [3.63, 3.8) is 0 Å². The number of hydrogen-bond acceptors (Lipinski definition) is 9. The maximum absolute atomic E-state index is 13.2. The smallest absolute Gasteiger partial charge is 0.414 e. The quantitative estimate of drug-likeness (QED) is 0.153. The van der Waals surface area contributed by atoms with Gasteiger partial charge in [0.15, 0.2) is 11.2 Å². The molecule has 15 nitrogen and oxygen atoms in total. The average Bonchev–Trinajstić information content (AvgIpc) is 3.65. The van der Waals surface area contributed by atoms with Crippen molar-refractivity contribution in [3.05, 3.63) is 112 Å². The van der Waals surface area contributed by atoms with E-state index in [1.807, 2.05) is 54.6 Å². The standard InChI is InChI=1S/C34H31N7O8/c42-27(16-41-20-36-29-30(41)37-32(38-31(29)45)39-34(47)48-18-21-8-2-1-3-9-21)40(17-28(43)44)15-14-35-33(46)49-19-26-24-12-6-4-10-22(24)23-11-5-7-13-25(23)26/h1-13,20,26H,14-19H2,(H,35,46)(H,43,44)(H2,37,38,39,45,47). The molecule has 2 aromatic heterocycles. The predicted octanol–water partition coefficient (Wildman–Crippen LogP) is 3.32. The summed E-state index contributed by atoms with van der Waals surface area (Å²) in [7, 11) is 0. The van der Waals surface area contributed by atoms with Gasteiger partial charge in [0, 0.05) is 19.0 Å². The summed E-state index contributed by atoms with van der Waals surface area (Å²) >= 11 is 0. The lowest BCUT2D eigenvalue weighted by Gasteiger charge is -2.21. The number of anilines is 1. The van der Waals surface area contributed by atoms with Gasteiger partial charge in [-0.3, -0.25) is 24.7 Å². The number of ether oxygens (including phenoxy) is 2. The number of fused-ring (bicyclic) bond motifs is 4. The number of rotatable bonds is 12. The van der Waals surface area contributed by atoms with E-state index in [0.717, 1.165) is 32.7 Å². The van der Waals surface area contributed by atoms with E-state index < -0.39 is 42.7 Å². The Labute approximate surface area is 278 Å². The number of benzene rings is 3. The lowest BCUT2D eigenvalue weighted by Crippen LogP contribution is -2.42. The second-order valence-electron chi connectivity index (χ2n) is 11.1. The van der Waals surface area contributed by atoms with Crippen LogP contribution in [0.4, 0.5) is 15.5 Å². The van der Waals surface area contributed by atoms with Crippen LogP contribution in [0.2, 0.25) is 0 Å². The second-order valence-corrected chi connectivity index (χ2v) is 11.1. The third kappa shape index (κ3) is 7.56. The van der Waals surface area contributed by atoms with Crippen molar-refractivity contribution >= 4 is 41.2 Å². The van der Waals surface area contributed by atoms with Gasteiger partial charge in [0.2, 0.25) is 11.9 Å². The van der Waals surface area contributed by atoms with E-state index in [4.69, 9.17) is 9.47 Å². The van der Waals surface area contributed by atoms with Crippen molar-refractivity contribution < 1.29 is 33.8 Å². The van der Waals surface area contributed by atoms with Crippen LogP contribution in [-0.4, -0.2) is 79.8 Å². The number of carboxylic acid groups (broad SMARTS) is 1. The zero-order chi connectivity index (χ0) is 34.3. The number of carbonyl (C=O) groups is 4. The maximum atomic E-state index is 13.2. The van der Waals surface area contributed by atoms with Gasteiger partial charge < -0.3 is 29.4 Å². The Bertz CT molecular complexity index is 2030. The number of aromatic nitrogens is 4. The van der Waals surface area contributed by atoms with E-state index >= 15 is 0 Å². The average molecular weight is 666 g/mol. The van der Waals surface area contributed by atoms with Crippen molar-refractivity contribution in [2.24, 2.45) is 0 Å². The van der Waals surface area contributed by atoms with Crippen molar-refractivity contribution in [2.45, 2.75) is 19.1 Å². The van der Waals surface area contributed by atoms with Gasteiger partial charge in [-0.05, 0) is 27.8 Å². The molecule has 2 heterocycles. The molecular formula is C34H31N7O8. The lowest BCUT2D eigenvalue weighted by molar-refractivity contribution is -0.144. The topological polar surface area (TPSA) is 198 Å². The first-order valence-corrected chi connectivity index (χ1v) is 15.3. The molecule has 1 aliphatic rings. The number of carbonyl (C=O) groups excluding carboxylic acids is 3. The molecule has 0 bridgehead atoms. The van der Waals surface area contributed by atoms with E-state index in [1.54, 1.807) is 24.3 Å². The van der Waals surface area contributed by atoms with Gasteiger partial charge in [0.25, 0.3) is 5.56 Å². The van der Waals surface area contributed by atoms with Crippen LogP contribution < -0.4 is 16.2 Å². The van der Waals surface area contributed by atoms with E-state index in [0.29, 0.717) is 0 Å². The molecule has 3 aromatic carbocycles. The fourth-order valence-corrected chi connectivity index (χ4v) is 5.63. The molecule has 1 aliphatic carbocycles. The summed E-state index contributed by atoms with van der Waals surface area (Å²) in [6.45, 7) is -1.22. The minimum Gasteiger partial charge on any atom is -0.480 e. The lowest BCUT2D eigenvalue weighted by atomic mass is 9.98. The SMILES string of the molecule is O=C(O)CN(CCNC(=O)OCC1c2ccccc2-c2ccccc21)C(=O)Cn1cnc2c(=O)[nH]c(NC(=O)OCc3ccccc3)nc21. The summed E-state index contributed by atoms with van der Waals surface area (Å²) in [6, 6.07) is 24.8. The molecule has 250 valence electrons. The number of nitrogens with one attached hydrogen (secondary N) is 3. The molecule has 6 rings (SSSR count). The largest absolute Gasteiger partial charge is 0.480 e. The maximum Gasteiger partial charge on any atom is 0.414 e. The predicted molar refractivity (Wildman–Crippen MR) is 176 cm³/mol. The molecule has 15 heteroatoms. The fourth-order valence-electron chi connectivity index (χ4n) is 5.63. The Kier molecular flexibility index (Phi) is 9.60. The molecule has 0 unspecified atom stereocenters. The minimum atomic E-state index is -1.26. The van der Waals surface area contributed by atoms with Gasteiger partial charge in [-0.1, -0.05) is 78.9 Å². The van der Waals surface area contributed by atoms with Gasteiger partial charge in [-0.25, -0.2) is 14.6 Å². The molecule has 0 radical (unpaired) electrons. The number of nitrogens with zero attached hydrogens (tertiary/aromatic N) is 4. The fraction of sp³-hybridized carbons (Fsp3) is 0.206. The summed E-state index contributed by atoms with van der Waals surface area (Å²) in [5, 5.41) is 14.4. The normalized spacial score (nSPS) is 11.8. The van der Waals surface area contributed by atoms with Crippen LogP contribution in [0.5, 0.6) is 0 Å². The van der Waals surface area contributed by atoms with Crippen LogP contribution >= 0.6 is 0 Å². The first-order chi connectivity index (χ1) is 23.8. The first-order valence-electron chi connectivity index (χ1n) is 15.3. The van der Waals surface area contributed by atoms with Crippen LogP contribution in [-0.2, 0) is 32.2 Å². The van der Waals surface area contributed by atoms with Gasteiger partial charge in [0.05, 0.1) is 6.33 Å². The molecule has 3 amide bonds. The molecule has 0 aliphatic heterocycles. The van der Waals surface area contributed by atoms with Gasteiger partial charge in [0.1, 0.15) is 26.3 Å². The molecule has 5 aromatic rings. The summed E-state index contributed by atoms with van der Waals surface area (Å²) in [4.78, 5) is 74.0. The number of H-pyrrole nitrogens is 1. The summed E-state index contributed by atoms with van der Waals surface area (Å²) < 4.78 is 11.9. The Morgan fingerprint density at radius 3 is 2.27 bits per heavy atom. The highest BCUT2D eigenvalue weighted by Gasteiger charge is 2.29. The van der Waals surface area contributed by atoms with Crippen LogP contribution in [0.1, 0.15) is 22.6 Å². The third-order valence-corrected chi connectivity index (χ3v) is 7.89. The number of aromatic amines is 1. The van der Waals surface area contributed by atoms with Crippen molar-refractivity contribution in [1.29, 1.82) is 0 Å². The molecule has 0 saturated carbocycles. The van der Waals surface area contributed by atoms with E-state index in [-0.39, 0.29) is 49.3 Å². The molecule has 0 saturated heterocycles. The second kappa shape index (κ2) is 14.5. The zero-order valence-electron chi connectivity index (χ0n) is 26.0. The number of aliphatic carboxylic acids is 1. The molecule has 0 fully saturated rings. The van der Waals surface area contributed by atoms with E-state index in [1.165, 1.54) is 10.9 Å². The molecule has 4 N–H and O–H groups in total. The van der Waals surface area contributed by atoms with Crippen LogP contribution in [0.3, 0.4) is 0 Å². The highest BCUT2D eigenvalue weighted by atomic mass is 16.6. The zero-order valence-corrected chi connectivity index (χ0v) is 26.0. The van der Waals surface area contributed by atoms with E-state index in [2.05, 4.69) is 25.6 Å². The molecular weight excluding hydrogens is 634 g/mol. The summed E-state index contributed by atoms with van der Waals surface area (Å²) in [6.07, 6.45) is -0.378. The number of alkyl carbamates (subject to hydrolysis) is 1. The van der Waals surface area contributed by atoms with Crippen molar-refractivity contribution in [1.82, 2.24) is 29.7 Å². The Morgan fingerprint density at radius 1 is 0.898 bits per heavy atom. The Hall–Kier alpha value is -6.51. The Morgan fingerprint density at radius 2 is 1.57 bits per heavy atom. The van der Waals surface area contributed by atoms with Crippen LogP contribution in [0, 0.1) is 0 Å². The van der Waals surface area contributed by atoms with Crippen molar-refractivity contribution in [3.8, 4) is 11.1 Å². The number of amides is 3. The minimum absolute atomic E-state index is 0.0127. The van der Waals surface area contributed by atoms with Gasteiger partial charge in [-0.15, -0.1) is 0 Å². The highest BCUT2D eigenvalue weighted by Crippen LogP contribution is 2.44. The van der Waals surface area contributed by atoms with Crippen molar-refractivity contribution in [2.75, 3.05) is 31.6 Å². The first kappa shape index (κ1) is 32.4. The number of hydrogen-bond donors (Lipinski definition) is 4. The van der Waals surface area contributed by atoms with E-state index in [9.17, 15) is 29.1 Å². The highest BCUT2D eigenvalue weighted by molar-refractivity contribution is 5.85. The monoisotopic (exact) mass is 665 g/mol. The number of imidazole rings is 1. The molecule has 0 spiro atoms. The number of carboxylic acids is 1. The van der Waals surface area contributed by atoms with Gasteiger partial charge in [-0.2, -0.15) is 4.98 Å². The van der Waals surface area contributed by atoms with Crippen LogP contribution in [0.25, 0.3) is 22.3 Å². The molecule has 0 atom stereocenters. The summed E-state index contributed by atoms with van der Waals surface area (Å²) in [5.74, 6) is -2.28. The Balaban J connectivity index is 1.05. The van der Waals surface area contributed by atoms with Gasteiger partial charge >= 0.3 is 18.2 Å².